The van der Waals surface area contributed by atoms with Gasteiger partial charge in [0.25, 0.3) is 5.91 Å². The van der Waals surface area contributed by atoms with E-state index in [2.05, 4.69) is 10.5 Å². The van der Waals surface area contributed by atoms with E-state index >= 15 is 0 Å². The molecular formula is C27H23N3O5. The van der Waals surface area contributed by atoms with Crippen LogP contribution in [0, 0.1) is 0 Å². The standard InChI is InChI=1S/C27H23N3O5/c1-33-23-7-5-6-21(17-23)27(32)35-24-13-8-19(16-25(24)34-2)18-28-29-26(31)20-9-11-22(12-10-20)30-14-3-4-15-30/h3-18H,1-2H3,(H,29,31)/b28-18+. The van der Waals surface area contributed by atoms with Crippen molar-refractivity contribution < 1.29 is 23.8 Å². The van der Waals surface area contributed by atoms with Crippen LogP contribution in [0.4, 0.5) is 0 Å². The van der Waals surface area contributed by atoms with Crippen molar-refractivity contribution in [1.82, 2.24) is 9.99 Å². The van der Waals surface area contributed by atoms with E-state index in [-0.39, 0.29) is 11.7 Å². The Kier molecular flexibility index (Phi) is 7.22. The van der Waals surface area contributed by atoms with Crippen molar-refractivity contribution in [3.05, 3.63) is 108 Å². The molecule has 1 N–H and O–H groups in total. The normalized spacial score (nSPS) is 10.7. The minimum atomic E-state index is -0.543. The molecule has 35 heavy (non-hydrogen) atoms. The van der Waals surface area contributed by atoms with E-state index in [0.29, 0.717) is 28.2 Å². The number of hydrogen-bond acceptors (Lipinski definition) is 6. The first-order valence-electron chi connectivity index (χ1n) is 10.7. The Labute approximate surface area is 202 Å². The van der Waals surface area contributed by atoms with Gasteiger partial charge in [-0.3, -0.25) is 4.79 Å². The molecule has 8 heteroatoms. The molecule has 176 valence electrons. The van der Waals surface area contributed by atoms with Gasteiger partial charge in [-0.15, -0.1) is 0 Å². The fraction of sp³-hybridized carbons (Fsp3) is 0.0741. The number of ether oxygens (including phenoxy) is 3. The number of esters is 1. The molecule has 0 aliphatic heterocycles. The number of aromatic nitrogens is 1. The molecular weight excluding hydrogens is 446 g/mol. The van der Waals surface area contributed by atoms with Crippen LogP contribution in [0.3, 0.4) is 0 Å². The van der Waals surface area contributed by atoms with Gasteiger partial charge in [-0.25, -0.2) is 10.2 Å². The van der Waals surface area contributed by atoms with E-state index < -0.39 is 5.97 Å². The van der Waals surface area contributed by atoms with E-state index in [4.69, 9.17) is 14.2 Å². The zero-order valence-corrected chi connectivity index (χ0v) is 19.2. The SMILES string of the molecule is COc1cccc(C(=O)Oc2ccc(/C=N/NC(=O)c3ccc(-n4cccc4)cc3)cc2OC)c1. The van der Waals surface area contributed by atoms with Crippen LogP contribution in [0.25, 0.3) is 5.69 Å². The molecule has 1 heterocycles. The van der Waals surface area contributed by atoms with E-state index in [0.717, 1.165) is 5.69 Å². The van der Waals surface area contributed by atoms with E-state index in [9.17, 15) is 9.59 Å². The molecule has 0 aliphatic rings. The van der Waals surface area contributed by atoms with Gasteiger partial charge in [0.1, 0.15) is 5.75 Å². The second-order valence-electron chi connectivity index (χ2n) is 7.37. The van der Waals surface area contributed by atoms with Gasteiger partial charge >= 0.3 is 5.97 Å². The van der Waals surface area contributed by atoms with Crippen LogP contribution < -0.4 is 19.6 Å². The van der Waals surface area contributed by atoms with E-state index in [1.54, 1.807) is 54.6 Å². The molecule has 0 fully saturated rings. The van der Waals surface area contributed by atoms with Crippen LogP contribution in [-0.4, -0.2) is 36.9 Å². The molecule has 0 saturated heterocycles. The summed E-state index contributed by atoms with van der Waals surface area (Å²) in [7, 11) is 3.00. The summed E-state index contributed by atoms with van der Waals surface area (Å²) in [6.45, 7) is 0. The molecule has 0 atom stereocenters. The number of nitrogens with one attached hydrogen (secondary N) is 1. The largest absolute Gasteiger partial charge is 0.497 e. The van der Waals surface area contributed by atoms with Crippen LogP contribution in [0.15, 0.2) is 96.4 Å². The maximum Gasteiger partial charge on any atom is 0.343 e. The molecule has 4 rings (SSSR count). The monoisotopic (exact) mass is 469 g/mol. The summed E-state index contributed by atoms with van der Waals surface area (Å²) in [5.41, 5.74) is 4.93. The van der Waals surface area contributed by atoms with Crippen LogP contribution in [0.2, 0.25) is 0 Å². The fourth-order valence-corrected chi connectivity index (χ4v) is 3.28. The first kappa shape index (κ1) is 23.3. The quantitative estimate of drug-likeness (QED) is 0.178. The van der Waals surface area contributed by atoms with Gasteiger partial charge in [0.05, 0.1) is 26.0 Å². The predicted octanol–water partition coefficient (Wildman–Crippen LogP) is 4.48. The molecule has 1 amide bonds. The number of hydrogen-bond donors (Lipinski definition) is 1. The topological polar surface area (TPSA) is 91.2 Å². The second kappa shape index (κ2) is 10.8. The number of hydrazone groups is 1. The Bertz CT molecular complexity index is 1350. The van der Waals surface area contributed by atoms with E-state index in [1.807, 2.05) is 41.2 Å². The highest BCUT2D eigenvalue weighted by Gasteiger charge is 2.13. The van der Waals surface area contributed by atoms with Gasteiger partial charge in [0, 0.05) is 23.6 Å². The number of benzene rings is 3. The van der Waals surface area contributed by atoms with Gasteiger partial charge < -0.3 is 18.8 Å². The number of carbonyl (C=O) groups is 2. The highest BCUT2D eigenvalue weighted by molar-refractivity contribution is 5.95. The van der Waals surface area contributed by atoms with Gasteiger partial charge in [-0.05, 0) is 78.4 Å². The molecule has 0 radical (unpaired) electrons. The summed E-state index contributed by atoms with van der Waals surface area (Å²) in [5.74, 6) is 0.271. The second-order valence-corrected chi connectivity index (χ2v) is 7.37. The van der Waals surface area contributed by atoms with Crippen molar-refractivity contribution in [2.45, 2.75) is 0 Å². The lowest BCUT2D eigenvalue weighted by Crippen LogP contribution is -2.17. The zero-order valence-electron chi connectivity index (χ0n) is 19.2. The molecule has 4 aromatic rings. The molecule has 0 aliphatic carbocycles. The third-order valence-electron chi connectivity index (χ3n) is 5.11. The Balaban J connectivity index is 1.39. The number of amides is 1. The molecule has 1 aromatic heterocycles. The van der Waals surface area contributed by atoms with Crippen molar-refractivity contribution in [2.24, 2.45) is 5.10 Å². The minimum absolute atomic E-state index is 0.254. The molecule has 8 nitrogen and oxygen atoms in total. The zero-order chi connectivity index (χ0) is 24.6. The van der Waals surface area contributed by atoms with E-state index in [1.165, 1.54) is 20.4 Å². The first-order chi connectivity index (χ1) is 17.1. The summed E-state index contributed by atoms with van der Waals surface area (Å²) in [5, 5.41) is 4.02. The molecule has 0 saturated carbocycles. The third kappa shape index (κ3) is 5.75. The summed E-state index contributed by atoms with van der Waals surface area (Å²) < 4.78 is 17.9. The van der Waals surface area contributed by atoms with Crippen LogP contribution in [0.5, 0.6) is 17.2 Å². The fourth-order valence-electron chi connectivity index (χ4n) is 3.28. The Morgan fingerprint density at radius 1 is 0.829 bits per heavy atom. The summed E-state index contributed by atoms with van der Waals surface area (Å²) in [6, 6.07) is 22.6. The molecule has 0 spiro atoms. The van der Waals surface area contributed by atoms with Crippen molar-refractivity contribution in [3.8, 4) is 22.9 Å². The third-order valence-corrected chi connectivity index (χ3v) is 5.11. The van der Waals surface area contributed by atoms with Crippen molar-refractivity contribution >= 4 is 18.1 Å². The van der Waals surface area contributed by atoms with Crippen molar-refractivity contribution in [2.75, 3.05) is 14.2 Å². The summed E-state index contributed by atoms with van der Waals surface area (Å²) in [6.07, 6.45) is 5.33. The minimum Gasteiger partial charge on any atom is -0.497 e. The lowest BCUT2D eigenvalue weighted by atomic mass is 10.2. The maximum absolute atomic E-state index is 12.5. The van der Waals surface area contributed by atoms with Gasteiger partial charge in [-0.2, -0.15) is 5.10 Å². The van der Waals surface area contributed by atoms with Crippen molar-refractivity contribution in [3.63, 3.8) is 0 Å². The highest BCUT2D eigenvalue weighted by Crippen LogP contribution is 2.28. The van der Waals surface area contributed by atoms with Gasteiger partial charge in [0.15, 0.2) is 11.5 Å². The lowest BCUT2D eigenvalue weighted by Gasteiger charge is -2.10. The number of rotatable bonds is 8. The Morgan fingerprint density at radius 2 is 1.60 bits per heavy atom. The maximum atomic E-state index is 12.5. The van der Waals surface area contributed by atoms with Crippen LogP contribution in [0.1, 0.15) is 26.3 Å². The van der Waals surface area contributed by atoms with Crippen LogP contribution >= 0.6 is 0 Å². The van der Waals surface area contributed by atoms with Crippen molar-refractivity contribution in [1.29, 1.82) is 0 Å². The molecule has 0 unspecified atom stereocenters. The molecule has 3 aromatic carbocycles. The highest BCUT2D eigenvalue weighted by atomic mass is 16.6. The van der Waals surface area contributed by atoms with Gasteiger partial charge in [0.2, 0.25) is 0 Å². The first-order valence-corrected chi connectivity index (χ1v) is 10.7. The smallest absolute Gasteiger partial charge is 0.343 e. The Morgan fingerprint density at radius 3 is 2.31 bits per heavy atom. The van der Waals surface area contributed by atoms with Crippen LogP contribution in [-0.2, 0) is 0 Å². The molecule has 0 bridgehead atoms. The summed E-state index contributed by atoms with van der Waals surface area (Å²) >= 11 is 0. The number of carbonyl (C=O) groups excluding carboxylic acids is 2. The average Bonchev–Trinajstić information content (AvgIpc) is 3.44. The predicted molar refractivity (Wildman–Crippen MR) is 132 cm³/mol. The number of methoxy groups -OCH3 is 2. The average molecular weight is 469 g/mol. The lowest BCUT2D eigenvalue weighted by molar-refractivity contribution is 0.0729. The van der Waals surface area contributed by atoms with Gasteiger partial charge in [-0.1, -0.05) is 6.07 Å². The Hall–Kier alpha value is -4.85. The summed E-state index contributed by atoms with van der Waals surface area (Å²) in [4.78, 5) is 24.9. The number of nitrogens with zero attached hydrogens (tertiary/aromatic N) is 2.